The van der Waals surface area contributed by atoms with Crippen LogP contribution in [0.5, 0.6) is 0 Å². The second-order valence-corrected chi connectivity index (χ2v) is 6.75. The molecule has 3 rings (SSSR count). The van der Waals surface area contributed by atoms with Crippen molar-refractivity contribution in [2.24, 2.45) is 5.92 Å². The Kier molecular flexibility index (Phi) is 4.84. The maximum Gasteiger partial charge on any atom is 0.226 e. The zero-order valence-corrected chi connectivity index (χ0v) is 14.4. The van der Waals surface area contributed by atoms with E-state index >= 15 is 0 Å². The highest BCUT2D eigenvalue weighted by atomic mass is 16.2. The summed E-state index contributed by atoms with van der Waals surface area (Å²) in [4.78, 5) is 28.1. The molecule has 0 unspecified atom stereocenters. The van der Waals surface area contributed by atoms with Crippen LogP contribution in [0.2, 0.25) is 0 Å². The first-order chi connectivity index (χ1) is 11.5. The zero-order valence-electron chi connectivity index (χ0n) is 14.4. The number of piperidine rings is 1. The van der Waals surface area contributed by atoms with Crippen molar-refractivity contribution < 1.29 is 9.59 Å². The van der Waals surface area contributed by atoms with Crippen molar-refractivity contribution in [1.29, 1.82) is 0 Å². The van der Waals surface area contributed by atoms with E-state index in [0.29, 0.717) is 19.5 Å². The molecule has 1 fully saturated rings. The fourth-order valence-corrected chi connectivity index (χ4v) is 3.38. The minimum atomic E-state index is 0.0599. The monoisotopic (exact) mass is 324 g/mol. The average Bonchev–Trinajstić information content (AvgIpc) is 2.61. The number of carbonyl (C=O) groups excluding carboxylic acids is 2. The van der Waals surface area contributed by atoms with Gasteiger partial charge in [0.05, 0.1) is 6.42 Å². The normalized spacial score (nSPS) is 15.5. The molecule has 0 radical (unpaired) electrons. The minimum Gasteiger partial charge on any atom is -0.349 e. The smallest absolute Gasteiger partial charge is 0.226 e. The number of carbonyl (C=O) groups is 2. The lowest BCUT2D eigenvalue weighted by atomic mass is 9.95. The number of rotatable bonds is 3. The Morgan fingerprint density at radius 3 is 2.38 bits per heavy atom. The van der Waals surface area contributed by atoms with Crippen LogP contribution < -0.4 is 0 Å². The molecule has 4 heteroatoms. The molecule has 0 saturated carbocycles. The first kappa shape index (κ1) is 16.5. The van der Waals surface area contributed by atoms with Crippen molar-refractivity contribution >= 4 is 22.6 Å². The molecule has 0 aromatic heterocycles. The highest BCUT2D eigenvalue weighted by Crippen LogP contribution is 2.21. The summed E-state index contributed by atoms with van der Waals surface area (Å²) in [7, 11) is 3.58. The van der Waals surface area contributed by atoms with E-state index in [1.165, 1.54) is 5.39 Å². The predicted molar refractivity (Wildman–Crippen MR) is 95.7 cm³/mol. The molecule has 2 amide bonds. The predicted octanol–water partition coefficient (Wildman–Crippen LogP) is 2.71. The average molecular weight is 324 g/mol. The van der Waals surface area contributed by atoms with Gasteiger partial charge in [-0.05, 0) is 29.2 Å². The molecule has 2 aromatic carbocycles. The molecule has 1 heterocycles. The Morgan fingerprint density at radius 1 is 1.04 bits per heavy atom. The molecule has 24 heavy (non-hydrogen) atoms. The lowest BCUT2D eigenvalue weighted by Gasteiger charge is -2.32. The van der Waals surface area contributed by atoms with Crippen LogP contribution in [0.4, 0.5) is 0 Å². The minimum absolute atomic E-state index is 0.0599. The second kappa shape index (κ2) is 7.04. The van der Waals surface area contributed by atoms with Gasteiger partial charge in [-0.2, -0.15) is 0 Å². The van der Waals surface area contributed by atoms with Gasteiger partial charge < -0.3 is 9.80 Å². The van der Waals surface area contributed by atoms with Crippen molar-refractivity contribution in [2.45, 2.75) is 19.3 Å². The standard InChI is InChI=1S/C20H24N2O2/c1-21(2)20(24)17-9-11-22(12-10-17)19(23)14-15-7-8-16-5-3-4-6-18(16)13-15/h3-8,13,17H,9-12,14H2,1-2H3. The van der Waals surface area contributed by atoms with Gasteiger partial charge in [0, 0.05) is 33.1 Å². The van der Waals surface area contributed by atoms with Crippen LogP contribution in [0.15, 0.2) is 42.5 Å². The number of likely N-dealkylation sites (tertiary alicyclic amines) is 1. The molecule has 0 N–H and O–H groups in total. The summed E-state index contributed by atoms with van der Waals surface area (Å²) in [5.74, 6) is 0.391. The van der Waals surface area contributed by atoms with Gasteiger partial charge in [0.15, 0.2) is 0 Å². The van der Waals surface area contributed by atoms with Gasteiger partial charge in [0.1, 0.15) is 0 Å². The fourth-order valence-electron chi connectivity index (χ4n) is 3.38. The van der Waals surface area contributed by atoms with Crippen molar-refractivity contribution in [3.05, 3.63) is 48.0 Å². The molecule has 1 aliphatic rings. The lowest BCUT2D eigenvalue weighted by molar-refractivity contribution is -0.138. The van der Waals surface area contributed by atoms with E-state index in [1.54, 1.807) is 19.0 Å². The van der Waals surface area contributed by atoms with Crippen LogP contribution in [-0.4, -0.2) is 48.8 Å². The first-order valence-corrected chi connectivity index (χ1v) is 8.51. The SMILES string of the molecule is CN(C)C(=O)C1CCN(C(=O)Cc2ccc3ccccc3c2)CC1. The van der Waals surface area contributed by atoms with E-state index in [9.17, 15) is 9.59 Å². The quantitative estimate of drug-likeness (QED) is 0.871. The van der Waals surface area contributed by atoms with Gasteiger partial charge in [-0.3, -0.25) is 9.59 Å². The maximum absolute atomic E-state index is 12.5. The summed E-state index contributed by atoms with van der Waals surface area (Å²) >= 11 is 0. The van der Waals surface area contributed by atoms with Crippen LogP contribution in [0.25, 0.3) is 10.8 Å². The molecule has 1 aliphatic heterocycles. The van der Waals surface area contributed by atoms with Crippen LogP contribution in [0.1, 0.15) is 18.4 Å². The van der Waals surface area contributed by atoms with Crippen LogP contribution in [0.3, 0.4) is 0 Å². The molecule has 0 aliphatic carbocycles. The number of hydrogen-bond donors (Lipinski definition) is 0. The Bertz CT molecular complexity index is 746. The van der Waals surface area contributed by atoms with Gasteiger partial charge in [0.25, 0.3) is 0 Å². The summed E-state index contributed by atoms with van der Waals surface area (Å²) in [6.45, 7) is 1.35. The van der Waals surface area contributed by atoms with E-state index in [4.69, 9.17) is 0 Å². The summed E-state index contributed by atoms with van der Waals surface area (Å²) < 4.78 is 0. The highest BCUT2D eigenvalue weighted by molar-refractivity contribution is 5.85. The van der Waals surface area contributed by atoms with Crippen LogP contribution >= 0.6 is 0 Å². The van der Waals surface area contributed by atoms with Crippen molar-refractivity contribution in [2.75, 3.05) is 27.2 Å². The van der Waals surface area contributed by atoms with E-state index in [-0.39, 0.29) is 17.7 Å². The molecule has 1 saturated heterocycles. The Labute approximate surface area is 143 Å². The van der Waals surface area contributed by atoms with Gasteiger partial charge in [-0.25, -0.2) is 0 Å². The molecule has 0 bridgehead atoms. The number of nitrogens with zero attached hydrogens (tertiary/aromatic N) is 2. The van der Waals surface area contributed by atoms with Gasteiger partial charge in [-0.15, -0.1) is 0 Å². The van der Waals surface area contributed by atoms with E-state index in [2.05, 4.69) is 24.3 Å². The van der Waals surface area contributed by atoms with Gasteiger partial charge >= 0.3 is 0 Å². The summed E-state index contributed by atoms with van der Waals surface area (Å²) in [5.41, 5.74) is 1.05. The van der Waals surface area contributed by atoms with E-state index < -0.39 is 0 Å². The largest absolute Gasteiger partial charge is 0.349 e. The first-order valence-electron chi connectivity index (χ1n) is 8.51. The molecular weight excluding hydrogens is 300 g/mol. The summed E-state index contributed by atoms with van der Waals surface area (Å²) in [5, 5.41) is 2.36. The Morgan fingerprint density at radius 2 is 1.71 bits per heavy atom. The molecular formula is C20H24N2O2. The molecule has 0 atom stereocenters. The van der Waals surface area contributed by atoms with Crippen molar-refractivity contribution in [3.63, 3.8) is 0 Å². The highest BCUT2D eigenvalue weighted by Gasteiger charge is 2.28. The van der Waals surface area contributed by atoms with E-state index in [0.717, 1.165) is 23.8 Å². The number of benzene rings is 2. The number of hydrogen-bond acceptors (Lipinski definition) is 2. The third kappa shape index (κ3) is 3.58. The van der Waals surface area contributed by atoms with E-state index in [1.807, 2.05) is 23.1 Å². The summed E-state index contributed by atoms with van der Waals surface area (Å²) in [6.07, 6.45) is 1.96. The molecule has 126 valence electrons. The van der Waals surface area contributed by atoms with Gasteiger partial charge in [0.2, 0.25) is 11.8 Å². The lowest BCUT2D eigenvalue weighted by Crippen LogP contribution is -2.43. The van der Waals surface area contributed by atoms with Crippen LogP contribution in [-0.2, 0) is 16.0 Å². The number of amides is 2. The Balaban J connectivity index is 1.60. The van der Waals surface area contributed by atoms with Crippen molar-refractivity contribution in [1.82, 2.24) is 9.80 Å². The third-order valence-electron chi connectivity index (χ3n) is 4.81. The third-order valence-corrected chi connectivity index (χ3v) is 4.81. The topological polar surface area (TPSA) is 40.6 Å². The molecule has 0 spiro atoms. The van der Waals surface area contributed by atoms with Crippen molar-refractivity contribution in [3.8, 4) is 0 Å². The molecule has 4 nitrogen and oxygen atoms in total. The number of fused-ring (bicyclic) bond motifs is 1. The summed E-state index contributed by atoms with van der Waals surface area (Å²) in [6, 6.07) is 14.4. The zero-order chi connectivity index (χ0) is 17.1. The van der Waals surface area contributed by atoms with Crippen LogP contribution in [0, 0.1) is 5.92 Å². The van der Waals surface area contributed by atoms with Gasteiger partial charge in [-0.1, -0.05) is 42.5 Å². The maximum atomic E-state index is 12.5. The second-order valence-electron chi connectivity index (χ2n) is 6.75. The fraction of sp³-hybridized carbons (Fsp3) is 0.400. The Hall–Kier alpha value is -2.36. The molecule has 2 aromatic rings.